The number of fused-ring (bicyclic) bond motifs is 7. The molecule has 1 aromatic heterocycles. The summed E-state index contributed by atoms with van der Waals surface area (Å²) < 4.78 is 0. The van der Waals surface area contributed by atoms with Crippen LogP contribution in [0.4, 0.5) is 0 Å². The van der Waals surface area contributed by atoms with Gasteiger partial charge in [-0.2, -0.15) is 0 Å². The Kier molecular flexibility index (Phi) is 6.56. The lowest BCUT2D eigenvalue weighted by molar-refractivity contribution is 0.660. The third kappa shape index (κ3) is 4.64. The Labute approximate surface area is 297 Å². The maximum atomic E-state index is 5.49. The van der Waals surface area contributed by atoms with Crippen molar-refractivity contribution in [2.24, 2.45) is 0 Å². The third-order valence-electron chi connectivity index (χ3n) is 10.9. The van der Waals surface area contributed by atoms with Crippen molar-refractivity contribution in [2.45, 2.75) is 19.3 Å². The predicted octanol–water partition coefficient (Wildman–Crippen LogP) is 12.9. The molecule has 1 aliphatic carbocycles. The Hall–Kier alpha value is -6.38. The molecule has 0 saturated carbocycles. The number of rotatable bonds is 4. The zero-order valence-corrected chi connectivity index (χ0v) is 28.6. The smallest absolute Gasteiger partial charge is 0.161 e. The van der Waals surface area contributed by atoms with Crippen molar-refractivity contribution in [2.75, 3.05) is 0 Å². The van der Waals surface area contributed by atoms with E-state index in [-0.39, 0.29) is 5.41 Å². The Balaban J connectivity index is 1.23. The maximum absolute atomic E-state index is 5.49. The second-order valence-electron chi connectivity index (χ2n) is 14.2. The molecule has 10 rings (SSSR count). The molecule has 51 heavy (non-hydrogen) atoms. The van der Waals surface area contributed by atoms with Gasteiger partial charge in [-0.1, -0.05) is 166 Å². The van der Waals surface area contributed by atoms with Crippen LogP contribution >= 0.6 is 0 Å². The van der Waals surface area contributed by atoms with Gasteiger partial charge in [-0.3, -0.25) is 0 Å². The van der Waals surface area contributed by atoms with Crippen molar-refractivity contribution < 1.29 is 0 Å². The van der Waals surface area contributed by atoms with Gasteiger partial charge in [0.2, 0.25) is 0 Å². The molecule has 0 unspecified atom stereocenters. The maximum Gasteiger partial charge on any atom is 0.161 e. The van der Waals surface area contributed by atoms with E-state index in [0.29, 0.717) is 0 Å². The minimum Gasteiger partial charge on any atom is -0.228 e. The van der Waals surface area contributed by atoms with Crippen LogP contribution in [-0.4, -0.2) is 9.97 Å². The van der Waals surface area contributed by atoms with E-state index in [1.54, 1.807) is 0 Å². The molecule has 1 aliphatic rings. The summed E-state index contributed by atoms with van der Waals surface area (Å²) in [5.41, 5.74) is 12.7. The molecule has 8 aromatic carbocycles. The largest absolute Gasteiger partial charge is 0.228 e. The lowest BCUT2D eigenvalue weighted by Gasteiger charge is -2.22. The van der Waals surface area contributed by atoms with E-state index in [0.717, 1.165) is 50.2 Å². The van der Waals surface area contributed by atoms with Crippen LogP contribution in [0.15, 0.2) is 170 Å². The zero-order chi connectivity index (χ0) is 34.1. The Morgan fingerprint density at radius 3 is 1.86 bits per heavy atom. The highest BCUT2D eigenvalue weighted by Gasteiger charge is 2.35. The fourth-order valence-corrected chi connectivity index (χ4v) is 8.34. The van der Waals surface area contributed by atoms with E-state index < -0.39 is 0 Å². The molecular formula is C49H34N2. The number of hydrogen-bond donors (Lipinski definition) is 0. The number of hydrogen-bond acceptors (Lipinski definition) is 2. The molecule has 0 bridgehead atoms. The van der Waals surface area contributed by atoms with E-state index >= 15 is 0 Å². The fraction of sp³-hybridized carbons (Fsp3) is 0.0612. The number of benzene rings is 8. The number of aromatic nitrogens is 2. The standard InChI is InChI=1S/C49H34N2/c1-49(2)43-23-13-12-21-38(43)39-26-25-34(29-44(39)49)36-19-10-11-22-40(36)46-30-45(32-15-4-3-5-16-32)50-48(51-46)47-37-20-9-7-17-33(37)28-42-35-18-8-6-14-31(35)24-27-41(42)47/h3-30H,1-2H3. The van der Waals surface area contributed by atoms with Gasteiger partial charge in [-0.05, 0) is 83.9 Å². The summed E-state index contributed by atoms with van der Waals surface area (Å²) >= 11 is 0. The molecule has 0 N–H and O–H groups in total. The summed E-state index contributed by atoms with van der Waals surface area (Å²) in [6.07, 6.45) is 0. The van der Waals surface area contributed by atoms with Crippen molar-refractivity contribution in [3.8, 4) is 56.2 Å². The summed E-state index contributed by atoms with van der Waals surface area (Å²) in [5, 5.41) is 7.13. The van der Waals surface area contributed by atoms with Crippen LogP contribution in [0.3, 0.4) is 0 Å². The van der Waals surface area contributed by atoms with Gasteiger partial charge < -0.3 is 0 Å². The summed E-state index contributed by atoms with van der Waals surface area (Å²) in [6.45, 7) is 4.68. The van der Waals surface area contributed by atoms with Crippen molar-refractivity contribution in [1.82, 2.24) is 9.97 Å². The highest BCUT2D eigenvalue weighted by atomic mass is 14.9. The van der Waals surface area contributed by atoms with Crippen LogP contribution in [0, 0.1) is 0 Å². The quantitative estimate of drug-likeness (QED) is 0.140. The number of nitrogens with zero attached hydrogens (tertiary/aromatic N) is 2. The first-order valence-electron chi connectivity index (χ1n) is 17.7. The monoisotopic (exact) mass is 650 g/mol. The molecule has 240 valence electrons. The summed E-state index contributed by atoms with van der Waals surface area (Å²) in [6, 6.07) is 61.2. The van der Waals surface area contributed by atoms with Gasteiger partial charge in [0.25, 0.3) is 0 Å². The van der Waals surface area contributed by atoms with Crippen molar-refractivity contribution >= 4 is 32.3 Å². The normalized spacial score (nSPS) is 13.1. The first-order valence-corrected chi connectivity index (χ1v) is 17.7. The minimum atomic E-state index is -0.0843. The summed E-state index contributed by atoms with van der Waals surface area (Å²) in [5.74, 6) is 0.726. The Morgan fingerprint density at radius 1 is 0.373 bits per heavy atom. The van der Waals surface area contributed by atoms with Crippen LogP contribution in [-0.2, 0) is 5.41 Å². The SMILES string of the molecule is CC1(C)c2ccccc2-c2ccc(-c3ccccc3-c3cc(-c4ccccc4)nc(-c4c5ccccc5cc5c4ccc4ccccc45)n3)cc21. The van der Waals surface area contributed by atoms with E-state index in [1.807, 2.05) is 0 Å². The summed E-state index contributed by atoms with van der Waals surface area (Å²) in [4.78, 5) is 10.8. The molecular weight excluding hydrogens is 617 g/mol. The van der Waals surface area contributed by atoms with Crippen molar-refractivity contribution in [3.05, 3.63) is 181 Å². The molecule has 0 fully saturated rings. The molecule has 9 aromatic rings. The third-order valence-corrected chi connectivity index (χ3v) is 10.9. The first kappa shape index (κ1) is 29.5. The van der Waals surface area contributed by atoms with Gasteiger partial charge in [0.15, 0.2) is 5.82 Å². The molecule has 0 aliphatic heterocycles. The van der Waals surface area contributed by atoms with Gasteiger partial charge in [-0.15, -0.1) is 0 Å². The zero-order valence-electron chi connectivity index (χ0n) is 28.6. The first-order chi connectivity index (χ1) is 25.0. The topological polar surface area (TPSA) is 25.8 Å². The van der Waals surface area contributed by atoms with Crippen LogP contribution < -0.4 is 0 Å². The molecule has 0 saturated heterocycles. The highest BCUT2D eigenvalue weighted by molar-refractivity contribution is 6.19. The van der Waals surface area contributed by atoms with Crippen LogP contribution in [0.5, 0.6) is 0 Å². The predicted molar refractivity (Wildman–Crippen MR) is 214 cm³/mol. The van der Waals surface area contributed by atoms with Gasteiger partial charge in [0.05, 0.1) is 11.4 Å². The molecule has 0 amide bonds. The summed E-state index contributed by atoms with van der Waals surface area (Å²) in [7, 11) is 0. The van der Waals surface area contributed by atoms with Crippen molar-refractivity contribution in [1.29, 1.82) is 0 Å². The van der Waals surface area contributed by atoms with Gasteiger partial charge in [0, 0.05) is 22.1 Å². The van der Waals surface area contributed by atoms with E-state index in [9.17, 15) is 0 Å². The molecule has 0 spiro atoms. The molecule has 0 atom stereocenters. The van der Waals surface area contributed by atoms with E-state index in [2.05, 4.69) is 184 Å². The second kappa shape index (κ2) is 11.3. The van der Waals surface area contributed by atoms with Crippen LogP contribution in [0.1, 0.15) is 25.0 Å². The fourth-order valence-electron chi connectivity index (χ4n) is 8.34. The highest BCUT2D eigenvalue weighted by Crippen LogP contribution is 2.50. The Morgan fingerprint density at radius 2 is 1.02 bits per heavy atom. The van der Waals surface area contributed by atoms with Gasteiger partial charge in [0.1, 0.15) is 0 Å². The van der Waals surface area contributed by atoms with E-state index in [4.69, 9.17) is 9.97 Å². The van der Waals surface area contributed by atoms with Crippen LogP contribution in [0.2, 0.25) is 0 Å². The molecule has 1 heterocycles. The van der Waals surface area contributed by atoms with Crippen molar-refractivity contribution in [3.63, 3.8) is 0 Å². The lowest BCUT2D eigenvalue weighted by atomic mass is 9.81. The minimum absolute atomic E-state index is 0.0843. The van der Waals surface area contributed by atoms with Gasteiger partial charge >= 0.3 is 0 Å². The second-order valence-corrected chi connectivity index (χ2v) is 14.2. The Bertz CT molecular complexity index is 2830. The van der Waals surface area contributed by atoms with Gasteiger partial charge in [-0.25, -0.2) is 9.97 Å². The average Bonchev–Trinajstić information content (AvgIpc) is 3.42. The van der Waals surface area contributed by atoms with Crippen LogP contribution in [0.25, 0.3) is 88.5 Å². The average molecular weight is 651 g/mol. The molecule has 0 radical (unpaired) electrons. The molecule has 2 nitrogen and oxygen atoms in total. The lowest BCUT2D eigenvalue weighted by Crippen LogP contribution is -2.14. The van der Waals surface area contributed by atoms with E-state index in [1.165, 1.54) is 49.4 Å². The molecule has 2 heteroatoms.